The van der Waals surface area contributed by atoms with E-state index in [-0.39, 0.29) is 5.97 Å². The van der Waals surface area contributed by atoms with Gasteiger partial charge in [0.2, 0.25) is 0 Å². The number of rotatable bonds is 7. The van der Waals surface area contributed by atoms with E-state index < -0.39 is 6.04 Å². The largest absolute Gasteiger partial charge is 0.465 e. The molecule has 5 nitrogen and oxygen atoms in total. The summed E-state index contributed by atoms with van der Waals surface area (Å²) in [6, 6.07) is 7.20. The summed E-state index contributed by atoms with van der Waals surface area (Å²) in [4.78, 5) is 19.3. The average Bonchev–Trinajstić information content (AvgIpc) is 3.38. The van der Waals surface area contributed by atoms with Crippen LogP contribution in [0, 0.1) is 0 Å². The molecule has 0 amide bonds. The van der Waals surface area contributed by atoms with E-state index in [0.29, 0.717) is 29.4 Å². The molecule has 0 bridgehead atoms. The quantitative estimate of drug-likeness (QED) is 0.680. The Morgan fingerprint density at radius 2 is 2.04 bits per heavy atom. The van der Waals surface area contributed by atoms with Crippen molar-refractivity contribution in [3.8, 4) is 0 Å². The van der Waals surface area contributed by atoms with Crippen molar-refractivity contribution in [3.63, 3.8) is 0 Å². The van der Waals surface area contributed by atoms with Crippen LogP contribution in [-0.4, -0.2) is 33.1 Å². The van der Waals surface area contributed by atoms with Crippen LogP contribution in [0.1, 0.15) is 37.2 Å². The molecule has 1 aliphatic carbocycles. The fourth-order valence-electron chi connectivity index (χ4n) is 2.90. The predicted octanol–water partition coefficient (Wildman–Crippen LogP) is 4.00. The van der Waals surface area contributed by atoms with Gasteiger partial charge in [-0.25, -0.2) is 9.78 Å². The Morgan fingerprint density at radius 3 is 2.56 bits per heavy atom. The fraction of sp³-hybridized carbons (Fsp3) is 0.444. The van der Waals surface area contributed by atoms with Crippen molar-refractivity contribution >= 4 is 29.2 Å². The van der Waals surface area contributed by atoms with E-state index in [4.69, 9.17) is 27.9 Å². The second-order valence-corrected chi connectivity index (χ2v) is 6.99. The van der Waals surface area contributed by atoms with Crippen molar-refractivity contribution in [3.05, 3.63) is 52.0 Å². The van der Waals surface area contributed by atoms with Crippen LogP contribution in [0.5, 0.6) is 0 Å². The molecule has 1 aromatic carbocycles. The van der Waals surface area contributed by atoms with Crippen LogP contribution in [-0.2, 0) is 23.1 Å². The summed E-state index contributed by atoms with van der Waals surface area (Å²) < 4.78 is 7.19. The van der Waals surface area contributed by atoms with Gasteiger partial charge in [-0.05, 0) is 37.5 Å². The lowest BCUT2D eigenvalue weighted by Crippen LogP contribution is -2.37. The van der Waals surface area contributed by atoms with Crippen LogP contribution in [0.15, 0.2) is 30.5 Å². The number of hydrogen-bond donors (Lipinski definition) is 0. The first kappa shape index (κ1) is 18.2. The molecule has 3 rings (SSSR count). The molecule has 0 saturated heterocycles. The molecule has 7 heteroatoms. The number of hydrogen-bond acceptors (Lipinski definition) is 4. The van der Waals surface area contributed by atoms with Gasteiger partial charge >= 0.3 is 5.97 Å². The Kier molecular flexibility index (Phi) is 5.67. The average molecular weight is 382 g/mol. The molecule has 0 spiro atoms. The van der Waals surface area contributed by atoms with Gasteiger partial charge in [0.15, 0.2) is 0 Å². The van der Waals surface area contributed by atoms with Crippen LogP contribution >= 0.6 is 23.2 Å². The smallest absolute Gasteiger partial charge is 0.328 e. The second-order valence-electron chi connectivity index (χ2n) is 6.17. The molecule has 2 aromatic rings. The lowest BCUT2D eigenvalue weighted by Gasteiger charge is -2.30. The third kappa shape index (κ3) is 4.17. The van der Waals surface area contributed by atoms with Crippen molar-refractivity contribution in [1.29, 1.82) is 0 Å². The van der Waals surface area contributed by atoms with Crippen molar-refractivity contribution in [2.75, 3.05) is 6.61 Å². The zero-order chi connectivity index (χ0) is 18.0. The van der Waals surface area contributed by atoms with Crippen molar-refractivity contribution in [2.45, 2.75) is 38.4 Å². The molecule has 0 unspecified atom stereocenters. The van der Waals surface area contributed by atoms with Gasteiger partial charge in [-0.3, -0.25) is 4.90 Å². The summed E-state index contributed by atoms with van der Waals surface area (Å²) >= 11 is 12.1. The Hall–Kier alpha value is -1.56. The van der Waals surface area contributed by atoms with Gasteiger partial charge in [0.25, 0.3) is 0 Å². The summed E-state index contributed by atoms with van der Waals surface area (Å²) in [7, 11) is 1.87. The van der Waals surface area contributed by atoms with Gasteiger partial charge in [0, 0.05) is 18.1 Å². The van der Waals surface area contributed by atoms with Gasteiger partial charge in [-0.2, -0.15) is 0 Å². The zero-order valence-corrected chi connectivity index (χ0v) is 15.8. The highest BCUT2D eigenvalue weighted by Gasteiger charge is 2.39. The lowest BCUT2D eigenvalue weighted by atomic mass is 10.0. The molecule has 0 radical (unpaired) electrons. The summed E-state index contributed by atoms with van der Waals surface area (Å²) in [5.41, 5.74) is 0.870. The summed E-state index contributed by atoms with van der Waals surface area (Å²) in [6.45, 7) is 2.69. The number of halogens is 2. The number of carbonyl (C=O) groups is 1. The molecule has 0 N–H and O–H groups in total. The van der Waals surface area contributed by atoms with E-state index in [2.05, 4.69) is 9.88 Å². The van der Waals surface area contributed by atoms with E-state index in [0.717, 1.165) is 24.2 Å². The molecule has 1 atom stereocenters. The molecule has 1 aromatic heterocycles. The van der Waals surface area contributed by atoms with E-state index in [1.54, 1.807) is 18.3 Å². The molecular formula is C18H21Cl2N3O2. The molecule has 1 saturated carbocycles. The van der Waals surface area contributed by atoms with Crippen LogP contribution in [0.4, 0.5) is 0 Å². The van der Waals surface area contributed by atoms with Crippen LogP contribution in [0.2, 0.25) is 10.2 Å². The maximum atomic E-state index is 12.7. The SMILES string of the molecule is CCOC(=O)[C@@H](c1ccc(Cl)cc1)N(Cc1ncc(Cl)n1C)C1CC1. The van der Waals surface area contributed by atoms with Gasteiger partial charge in [0.1, 0.15) is 17.0 Å². The zero-order valence-electron chi connectivity index (χ0n) is 14.3. The van der Waals surface area contributed by atoms with Crippen molar-refractivity contribution in [2.24, 2.45) is 7.05 Å². The Morgan fingerprint density at radius 1 is 1.36 bits per heavy atom. The number of ether oxygens (including phenoxy) is 1. The monoisotopic (exact) mass is 381 g/mol. The maximum Gasteiger partial charge on any atom is 0.328 e. The number of nitrogens with zero attached hydrogens (tertiary/aromatic N) is 3. The summed E-state index contributed by atoms with van der Waals surface area (Å²) in [6.07, 6.45) is 3.74. The molecule has 1 fully saturated rings. The molecule has 134 valence electrons. The van der Waals surface area contributed by atoms with E-state index in [9.17, 15) is 4.79 Å². The molecular weight excluding hydrogens is 361 g/mol. The minimum Gasteiger partial charge on any atom is -0.465 e. The molecule has 1 heterocycles. The molecule has 25 heavy (non-hydrogen) atoms. The van der Waals surface area contributed by atoms with Gasteiger partial charge in [0.05, 0.1) is 19.3 Å². The second kappa shape index (κ2) is 7.77. The van der Waals surface area contributed by atoms with E-state index >= 15 is 0 Å². The van der Waals surface area contributed by atoms with Gasteiger partial charge < -0.3 is 9.30 Å². The normalized spacial score (nSPS) is 15.4. The highest BCUT2D eigenvalue weighted by molar-refractivity contribution is 6.30. The third-order valence-electron chi connectivity index (χ3n) is 4.39. The first-order valence-corrected chi connectivity index (χ1v) is 9.10. The third-order valence-corrected chi connectivity index (χ3v) is 5.00. The standard InChI is InChI=1S/C18H21Cl2N3O2/c1-3-25-18(24)17(12-4-6-13(19)7-5-12)23(14-8-9-14)11-16-21-10-15(20)22(16)2/h4-7,10,14,17H,3,8-9,11H2,1-2H3/t17-/m1/s1. The predicted molar refractivity (Wildman–Crippen MR) is 97.6 cm³/mol. The first-order chi connectivity index (χ1) is 12.0. The summed E-state index contributed by atoms with van der Waals surface area (Å²) in [5, 5.41) is 1.21. The minimum absolute atomic E-state index is 0.253. The van der Waals surface area contributed by atoms with Gasteiger partial charge in [-0.15, -0.1) is 0 Å². The maximum absolute atomic E-state index is 12.7. The number of esters is 1. The number of imidazole rings is 1. The molecule has 1 aliphatic rings. The lowest BCUT2D eigenvalue weighted by molar-refractivity contribution is -0.150. The van der Waals surface area contributed by atoms with Gasteiger partial charge in [-0.1, -0.05) is 35.3 Å². The minimum atomic E-state index is -0.486. The van der Waals surface area contributed by atoms with Crippen LogP contribution in [0.3, 0.4) is 0 Å². The molecule has 0 aliphatic heterocycles. The van der Waals surface area contributed by atoms with Crippen LogP contribution in [0.25, 0.3) is 0 Å². The van der Waals surface area contributed by atoms with Crippen molar-refractivity contribution in [1.82, 2.24) is 14.5 Å². The van der Waals surface area contributed by atoms with E-state index in [1.807, 2.05) is 30.7 Å². The van der Waals surface area contributed by atoms with Crippen molar-refractivity contribution < 1.29 is 9.53 Å². The Balaban J connectivity index is 1.94. The number of benzene rings is 1. The summed E-state index contributed by atoms with van der Waals surface area (Å²) in [5.74, 6) is 0.567. The van der Waals surface area contributed by atoms with Crippen LogP contribution < -0.4 is 0 Å². The Labute approximate surface area is 157 Å². The van der Waals surface area contributed by atoms with E-state index in [1.165, 1.54) is 0 Å². The highest BCUT2D eigenvalue weighted by atomic mass is 35.5. The highest BCUT2D eigenvalue weighted by Crippen LogP contribution is 2.37. The first-order valence-electron chi connectivity index (χ1n) is 8.35. The fourth-order valence-corrected chi connectivity index (χ4v) is 3.17. The topological polar surface area (TPSA) is 47.4 Å². The Bertz CT molecular complexity index is 741. The number of carbonyl (C=O) groups excluding carboxylic acids is 1. The number of aromatic nitrogens is 2.